The van der Waals surface area contributed by atoms with Crippen molar-refractivity contribution in [2.24, 2.45) is 0 Å². The van der Waals surface area contributed by atoms with E-state index in [1.165, 1.54) is 24.3 Å². The topological polar surface area (TPSA) is 42.0 Å². The van der Waals surface area contributed by atoms with E-state index < -0.39 is 0 Å². The average molecular weight is 506 g/mol. The highest BCUT2D eigenvalue weighted by atomic mass is 79.9. The first-order valence-electron chi connectivity index (χ1n) is 7.93. The molecule has 0 fully saturated rings. The number of fused-ring (bicyclic) bond motifs is 1. The molecule has 7 heteroatoms. The van der Waals surface area contributed by atoms with Gasteiger partial charge in [0.1, 0.15) is 10.8 Å². The van der Waals surface area contributed by atoms with Crippen LogP contribution in [0.15, 0.2) is 69.6 Å². The lowest BCUT2D eigenvalue weighted by Gasteiger charge is -2.13. The first-order chi connectivity index (χ1) is 13.0. The Kier molecular flexibility index (Phi) is 5.08. The Morgan fingerprint density at radius 3 is 2.52 bits per heavy atom. The van der Waals surface area contributed by atoms with Crippen LogP contribution in [0.3, 0.4) is 0 Å². The molecule has 1 aromatic heterocycles. The minimum Gasteiger partial charge on any atom is -0.320 e. The molecule has 134 valence electrons. The number of aromatic nitrogens is 1. The van der Waals surface area contributed by atoms with Gasteiger partial charge in [-0.05, 0) is 64.5 Å². The quantitative estimate of drug-likeness (QED) is 0.329. The molecule has 0 saturated carbocycles. The lowest BCUT2D eigenvalue weighted by atomic mass is 10.1. The van der Waals surface area contributed by atoms with Gasteiger partial charge in [0, 0.05) is 20.1 Å². The number of halogens is 3. The van der Waals surface area contributed by atoms with Crippen LogP contribution in [-0.2, 0) is 0 Å². The summed E-state index contributed by atoms with van der Waals surface area (Å²) < 4.78 is 15.8. The third kappa shape index (κ3) is 3.81. The van der Waals surface area contributed by atoms with Gasteiger partial charge in [0.05, 0.1) is 15.9 Å². The Bertz CT molecular complexity index is 1130. The highest BCUT2D eigenvalue weighted by Crippen LogP contribution is 2.40. The lowest BCUT2D eigenvalue weighted by molar-refractivity contribution is 0.102. The molecule has 3 aromatic carbocycles. The van der Waals surface area contributed by atoms with E-state index >= 15 is 0 Å². The largest absolute Gasteiger partial charge is 0.320 e. The van der Waals surface area contributed by atoms with Crippen LogP contribution in [0.25, 0.3) is 20.8 Å². The first-order valence-corrected chi connectivity index (χ1v) is 10.3. The van der Waals surface area contributed by atoms with E-state index in [1.807, 2.05) is 36.4 Å². The molecule has 4 aromatic rings. The normalized spacial score (nSPS) is 10.9. The second-order valence-electron chi connectivity index (χ2n) is 5.76. The second kappa shape index (κ2) is 7.50. The van der Waals surface area contributed by atoms with Crippen molar-refractivity contribution in [1.82, 2.24) is 4.98 Å². The van der Waals surface area contributed by atoms with E-state index in [0.29, 0.717) is 11.3 Å². The molecule has 0 aliphatic heterocycles. The molecule has 1 amide bonds. The number of hydrogen-bond acceptors (Lipinski definition) is 3. The monoisotopic (exact) mass is 504 g/mol. The van der Waals surface area contributed by atoms with Crippen LogP contribution in [0.5, 0.6) is 0 Å². The third-order valence-corrected chi connectivity index (χ3v) is 6.08. The maximum absolute atomic E-state index is 13.1. The van der Waals surface area contributed by atoms with E-state index in [1.54, 1.807) is 11.3 Å². The second-order valence-corrected chi connectivity index (χ2v) is 8.56. The van der Waals surface area contributed by atoms with Gasteiger partial charge in [-0.25, -0.2) is 9.37 Å². The maximum Gasteiger partial charge on any atom is 0.255 e. The van der Waals surface area contributed by atoms with Crippen LogP contribution in [0, 0.1) is 5.82 Å². The van der Waals surface area contributed by atoms with Crippen LogP contribution < -0.4 is 5.32 Å². The van der Waals surface area contributed by atoms with Gasteiger partial charge in [0.2, 0.25) is 0 Å². The molecule has 1 N–H and O–H groups in total. The predicted molar refractivity (Wildman–Crippen MR) is 115 cm³/mol. The van der Waals surface area contributed by atoms with Gasteiger partial charge in [-0.1, -0.05) is 28.1 Å². The summed E-state index contributed by atoms with van der Waals surface area (Å²) in [6.07, 6.45) is 0. The van der Waals surface area contributed by atoms with Crippen LogP contribution >= 0.6 is 43.2 Å². The van der Waals surface area contributed by atoms with E-state index in [-0.39, 0.29) is 11.7 Å². The van der Waals surface area contributed by atoms with Crippen molar-refractivity contribution in [3.05, 3.63) is 81.0 Å². The van der Waals surface area contributed by atoms with Gasteiger partial charge in [-0.15, -0.1) is 11.3 Å². The Hall–Kier alpha value is -2.09. The number of amides is 1. The Morgan fingerprint density at radius 1 is 1.04 bits per heavy atom. The Balaban J connectivity index is 1.78. The van der Waals surface area contributed by atoms with Gasteiger partial charge in [-0.2, -0.15) is 0 Å². The van der Waals surface area contributed by atoms with Crippen molar-refractivity contribution < 1.29 is 9.18 Å². The smallest absolute Gasteiger partial charge is 0.255 e. The molecule has 0 saturated heterocycles. The summed E-state index contributed by atoms with van der Waals surface area (Å²) in [5.41, 5.74) is 2.70. The number of carbonyl (C=O) groups excluding carboxylic acids is 1. The fourth-order valence-electron chi connectivity index (χ4n) is 2.64. The molecule has 4 rings (SSSR count). The molecule has 1 heterocycles. The summed E-state index contributed by atoms with van der Waals surface area (Å²) in [6, 6.07) is 17.1. The summed E-state index contributed by atoms with van der Waals surface area (Å²) in [5.74, 6) is -0.702. The van der Waals surface area contributed by atoms with Crippen LogP contribution in [0.4, 0.5) is 10.1 Å². The number of carbonyl (C=O) groups is 1. The molecule has 0 aliphatic carbocycles. The van der Waals surface area contributed by atoms with Crippen molar-refractivity contribution in [3.8, 4) is 10.6 Å². The van der Waals surface area contributed by atoms with Crippen molar-refractivity contribution in [2.75, 3.05) is 5.32 Å². The fourth-order valence-corrected chi connectivity index (χ4v) is 4.96. The van der Waals surface area contributed by atoms with Crippen LogP contribution in [0.2, 0.25) is 0 Å². The van der Waals surface area contributed by atoms with Gasteiger partial charge in [0.25, 0.3) is 5.91 Å². The van der Waals surface area contributed by atoms with E-state index in [4.69, 9.17) is 4.98 Å². The number of thiazole rings is 1. The number of nitrogens with one attached hydrogen (secondary N) is 1. The van der Waals surface area contributed by atoms with Gasteiger partial charge in [-0.3, -0.25) is 4.79 Å². The zero-order valence-corrected chi connectivity index (χ0v) is 17.7. The molecule has 0 atom stereocenters. The Morgan fingerprint density at radius 2 is 1.78 bits per heavy atom. The number of benzene rings is 3. The van der Waals surface area contributed by atoms with Crippen molar-refractivity contribution in [1.29, 1.82) is 0 Å². The van der Waals surface area contributed by atoms with Crippen molar-refractivity contribution >= 4 is 65.0 Å². The number of rotatable bonds is 3. The summed E-state index contributed by atoms with van der Waals surface area (Å²) in [6.45, 7) is 0. The van der Waals surface area contributed by atoms with Crippen molar-refractivity contribution in [3.63, 3.8) is 0 Å². The lowest BCUT2D eigenvalue weighted by Crippen LogP contribution is -2.13. The first kappa shape index (κ1) is 18.3. The summed E-state index contributed by atoms with van der Waals surface area (Å²) in [4.78, 5) is 17.3. The molecular weight excluding hydrogens is 495 g/mol. The minimum absolute atomic E-state index is 0.319. The number of para-hydroxylation sites is 1. The molecule has 0 bridgehead atoms. The predicted octanol–water partition coefficient (Wildman–Crippen LogP) is 6.88. The zero-order valence-electron chi connectivity index (χ0n) is 13.7. The standard InChI is InChI=1S/C20H11Br2FN2OS/c21-12-9-14(20-24-16-3-1-2-4-17(16)27-20)18(15(22)10-12)25-19(26)11-5-7-13(23)8-6-11/h1-10H,(H,25,26). The minimum atomic E-state index is -0.383. The molecular formula is C20H11Br2FN2OS. The van der Waals surface area contributed by atoms with Gasteiger partial charge in [0.15, 0.2) is 0 Å². The van der Waals surface area contributed by atoms with E-state index in [0.717, 1.165) is 29.7 Å². The highest BCUT2D eigenvalue weighted by Gasteiger charge is 2.17. The summed E-state index contributed by atoms with van der Waals surface area (Å²) in [5, 5.41) is 3.72. The number of nitrogens with zero attached hydrogens (tertiary/aromatic N) is 1. The number of anilines is 1. The van der Waals surface area contributed by atoms with E-state index in [2.05, 4.69) is 37.2 Å². The highest BCUT2D eigenvalue weighted by molar-refractivity contribution is 9.11. The van der Waals surface area contributed by atoms with Gasteiger partial charge < -0.3 is 5.32 Å². The number of hydrogen-bond donors (Lipinski definition) is 1. The molecule has 0 radical (unpaired) electrons. The maximum atomic E-state index is 13.1. The molecule has 0 unspecified atom stereocenters. The summed E-state index contributed by atoms with van der Waals surface area (Å²) in [7, 11) is 0. The molecule has 3 nitrogen and oxygen atoms in total. The third-order valence-electron chi connectivity index (χ3n) is 3.92. The fraction of sp³-hybridized carbons (Fsp3) is 0. The summed E-state index contributed by atoms with van der Waals surface area (Å²) >= 11 is 8.58. The molecule has 0 spiro atoms. The van der Waals surface area contributed by atoms with E-state index in [9.17, 15) is 9.18 Å². The zero-order chi connectivity index (χ0) is 19.0. The van der Waals surface area contributed by atoms with Crippen LogP contribution in [0.1, 0.15) is 10.4 Å². The Labute approximate surface area is 175 Å². The van der Waals surface area contributed by atoms with Gasteiger partial charge >= 0.3 is 0 Å². The van der Waals surface area contributed by atoms with Crippen LogP contribution in [-0.4, -0.2) is 10.9 Å². The van der Waals surface area contributed by atoms with Crippen molar-refractivity contribution in [2.45, 2.75) is 0 Å². The molecule has 27 heavy (non-hydrogen) atoms. The average Bonchev–Trinajstić information content (AvgIpc) is 3.08. The molecule has 0 aliphatic rings. The SMILES string of the molecule is O=C(Nc1c(Br)cc(Br)cc1-c1nc2ccccc2s1)c1ccc(F)cc1.